The van der Waals surface area contributed by atoms with E-state index in [1.54, 1.807) is 24.3 Å². The summed E-state index contributed by atoms with van der Waals surface area (Å²) < 4.78 is 17.5. The van der Waals surface area contributed by atoms with Crippen LogP contribution in [0.1, 0.15) is 55.5 Å². The summed E-state index contributed by atoms with van der Waals surface area (Å²) in [5.41, 5.74) is 3.00. The molecule has 1 N–H and O–H groups in total. The monoisotopic (exact) mass is 527 g/mol. The Bertz CT molecular complexity index is 1410. The number of rotatable bonds is 9. The summed E-state index contributed by atoms with van der Waals surface area (Å²) in [4.78, 5) is 28.5. The van der Waals surface area contributed by atoms with E-state index < -0.39 is 17.7 Å². The van der Waals surface area contributed by atoms with Gasteiger partial charge in [-0.3, -0.25) is 9.59 Å². The van der Waals surface area contributed by atoms with Crippen molar-refractivity contribution < 1.29 is 28.9 Å². The van der Waals surface area contributed by atoms with Crippen molar-refractivity contribution >= 4 is 17.4 Å². The topological polar surface area (TPSA) is 85.3 Å². The van der Waals surface area contributed by atoms with Gasteiger partial charge in [-0.15, -0.1) is 0 Å². The number of aliphatic hydroxyl groups excluding tert-OH is 1. The number of benzene rings is 3. The smallest absolute Gasteiger partial charge is 0.295 e. The number of nitrogens with zero attached hydrogens (tertiary/aromatic N) is 1. The molecule has 0 aliphatic carbocycles. The predicted molar refractivity (Wildman–Crippen MR) is 148 cm³/mol. The zero-order valence-corrected chi connectivity index (χ0v) is 22.5. The van der Waals surface area contributed by atoms with Gasteiger partial charge in [0.05, 0.1) is 24.8 Å². The summed E-state index contributed by atoms with van der Waals surface area (Å²) in [6, 6.07) is 19.5. The van der Waals surface area contributed by atoms with Crippen LogP contribution in [0.5, 0.6) is 17.2 Å². The van der Waals surface area contributed by atoms with Crippen molar-refractivity contribution in [1.29, 1.82) is 0 Å². The Hall–Kier alpha value is -4.26. The fourth-order valence-corrected chi connectivity index (χ4v) is 5.19. The highest BCUT2D eigenvalue weighted by atomic mass is 16.5. The minimum Gasteiger partial charge on any atom is -0.507 e. The van der Waals surface area contributed by atoms with Crippen LogP contribution >= 0.6 is 0 Å². The number of amides is 1. The highest BCUT2D eigenvalue weighted by molar-refractivity contribution is 6.46. The van der Waals surface area contributed by atoms with Crippen LogP contribution in [-0.4, -0.2) is 41.0 Å². The third-order valence-electron chi connectivity index (χ3n) is 6.95. The molecule has 2 aliphatic heterocycles. The number of carbonyl (C=O) groups excluding carboxylic acids is 2. The molecule has 202 valence electrons. The van der Waals surface area contributed by atoms with Crippen LogP contribution < -0.4 is 14.2 Å². The van der Waals surface area contributed by atoms with E-state index in [1.807, 2.05) is 63.2 Å². The van der Waals surface area contributed by atoms with Crippen LogP contribution in [0, 0.1) is 0 Å². The maximum Gasteiger partial charge on any atom is 0.295 e. The van der Waals surface area contributed by atoms with Gasteiger partial charge in [0.2, 0.25) is 0 Å². The molecule has 1 amide bonds. The summed E-state index contributed by atoms with van der Waals surface area (Å²) in [5.74, 6) is 0.299. The van der Waals surface area contributed by atoms with E-state index in [-0.39, 0.29) is 24.0 Å². The summed E-state index contributed by atoms with van der Waals surface area (Å²) in [6.45, 7) is 7.06. The largest absolute Gasteiger partial charge is 0.507 e. The number of Topliss-reactive ketones (excluding diaryl/α,β-unsaturated/α-hetero) is 1. The van der Waals surface area contributed by atoms with Crippen molar-refractivity contribution in [3.05, 3.63) is 94.6 Å². The van der Waals surface area contributed by atoms with E-state index in [0.29, 0.717) is 42.3 Å². The standard InChI is InChI=1S/C32H33NO6/c1-4-15-38-26-14-11-22(18-27(26)37-5-2)29-28(30(34)23-12-13-25-24(17-23)16-20(3)39-25)31(35)32(36)33(29)19-21-9-7-6-8-10-21/h6-14,17-18,20,29,34H,4-5,15-16,19H2,1-3H3/t20-,29+/m1/s1. The number of ether oxygens (including phenoxy) is 3. The Morgan fingerprint density at radius 3 is 2.54 bits per heavy atom. The van der Waals surface area contributed by atoms with Crippen molar-refractivity contribution in [2.45, 2.75) is 52.3 Å². The first-order chi connectivity index (χ1) is 18.9. The Labute approximate surface area is 228 Å². The molecule has 2 atom stereocenters. The van der Waals surface area contributed by atoms with Crippen LogP contribution in [0.25, 0.3) is 5.76 Å². The zero-order chi connectivity index (χ0) is 27.5. The lowest BCUT2D eigenvalue weighted by molar-refractivity contribution is -0.140. The molecule has 0 spiro atoms. The summed E-state index contributed by atoms with van der Waals surface area (Å²) in [7, 11) is 0. The fourth-order valence-electron chi connectivity index (χ4n) is 5.19. The summed E-state index contributed by atoms with van der Waals surface area (Å²) in [6.07, 6.45) is 1.59. The molecule has 2 heterocycles. The number of likely N-dealkylation sites (tertiary alicyclic amines) is 1. The lowest BCUT2D eigenvalue weighted by Crippen LogP contribution is -2.29. The number of ketones is 1. The molecule has 2 aliphatic rings. The minimum absolute atomic E-state index is 0.0410. The molecular weight excluding hydrogens is 494 g/mol. The van der Waals surface area contributed by atoms with Crippen molar-refractivity contribution in [1.82, 2.24) is 4.90 Å². The number of hydrogen-bond acceptors (Lipinski definition) is 6. The molecule has 1 fully saturated rings. The Morgan fingerprint density at radius 2 is 1.79 bits per heavy atom. The first-order valence-corrected chi connectivity index (χ1v) is 13.4. The first kappa shape index (κ1) is 26.4. The third kappa shape index (κ3) is 5.21. The van der Waals surface area contributed by atoms with E-state index in [1.165, 1.54) is 4.90 Å². The SMILES string of the molecule is CCCOc1ccc([C@H]2C(=C(O)c3ccc4c(c3)C[C@@H](C)O4)C(=O)C(=O)N2Cc2ccccc2)cc1OCC. The van der Waals surface area contributed by atoms with Gasteiger partial charge < -0.3 is 24.2 Å². The normalized spacial score (nSPS) is 19.6. The molecule has 7 nitrogen and oxygen atoms in total. The molecule has 3 aromatic carbocycles. The maximum atomic E-state index is 13.5. The van der Waals surface area contributed by atoms with E-state index >= 15 is 0 Å². The second-order valence-corrected chi connectivity index (χ2v) is 9.86. The molecule has 0 aromatic heterocycles. The van der Waals surface area contributed by atoms with Crippen molar-refractivity contribution in [3.63, 3.8) is 0 Å². The molecule has 7 heteroatoms. The molecule has 0 radical (unpaired) electrons. The van der Waals surface area contributed by atoms with Gasteiger partial charge in [0.25, 0.3) is 11.7 Å². The number of hydrogen-bond donors (Lipinski definition) is 1. The third-order valence-corrected chi connectivity index (χ3v) is 6.95. The maximum absolute atomic E-state index is 13.5. The van der Waals surface area contributed by atoms with Gasteiger partial charge in [0.15, 0.2) is 11.5 Å². The highest BCUT2D eigenvalue weighted by Crippen LogP contribution is 2.43. The molecule has 5 rings (SSSR count). The van der Waals surface area contributed by atoms with Crippen molar-refractivity contribution in [2.24, 2.45) is 0 Å². The molecule has 1 saturated heterocycles. The molecular formula is C32H33NO6. The molecule has 0 bridgehead atoms. The van der Waals surface area contributed by atoms with Crippen LogP contribution in [0.3, 0.4) is 0 Å². The van der Waals surface area contributed by atoms with Gasteiger partial charge in [-0.25, -0.2) is 0 Å². The van der Waals surface area contributed by atoms with Crippen LogP contribution in [0.15, 0.2) is 72.3 Å². The van der Waals surface area contributed by atoms with E-state index in [4.69, 9.17) is 14.2 Å². The average molecular weight is 528 g/mol. The Balaban J connectivity index is 1.63. The predicted octanol–water partition coefficient (Wildman–Crippen LogP) is 5.82. The number of aliphatic hydroxyl groups is 1. The second kappa shape index (κ2) is 11.2. The summed E-state index contributed by atoms with van der Waals surface area (Å²) in [5, 5.41) is 11.5. The van der Waals surface area contributed by atoms with Crippen molar-refractivity contribution in [3.8, 4) is 17.2 Å². The Kier molecular flexibility index (Phi) is 7.59. The molecule has 0 unspecified atom stereocenters. The molecule has 39 heavy (non-hydrogen) atoms. The van der Waals surface area contributed by atoms with E-state index in [9.17, 15) is 14.7 Å². The molecule has 0 saturated carbocycles. The van der Waals surface area contributed by atoms with Gasteiger partial charge in [-0.2, -0.15) is 0 Å². The van der Waals surface area contributed by atoms with Crippen LogP contribution in [-0.2, 0) is 22.6 Å². The van der Waals surface area contributed by atoms with Crippen LogP contribution in [0.2, 0.25) is 0 Å². The summed E-state index contributed by atoms with van der Waals surface area (Å²) >= 11 is 0. The quantitative estimate of drug-likeness (QED) is 0.214. The van der Waals surface area contributed by atoms with Gasteiger partial charge in [-0.1, -0.05) is 43.3 Å². The number of fused-ring (bicyclic) bond motifs is 1. The molecule has 3 aromatic rings. The minimum atomic E-state index is -0.812. The lowest BCUT2D eigenvalue weighted by Gasteiger charge is -2.26. The van der Waals surface area contributed by atoms with E-state index in [0.717, 1.165) is 23.3 Å². The van der Waals surface area contributed by atoms with Gasteiger partial charge >= 0.3 is 0 Å². The first-order valence-electron chi connectivity index (χ1n) is 13.4. The number of carbonyl (C=O) groups is 2. The average Bonchev–Trinajstić information content (AvgIpc) is 3.43. The zero-order valence-electron chi connectivity index (χ0n) is 22.5. The van der Waals surface area contributed by atoms with Gasteiger partial charge in [0, 0.05) is 18.5 Å². The fraction of sp³-hybridized carbons (Fsp3) is 0.312. The van der Waals surface area contributed by atoms with Crippen molar-refractivity contribution in [2.75, 3.05) is 13.2 Å². The van der Waals surface area contributed by atoms with Gasteiger partial charge in [0.1, 0.15) is 17.6 Å². The second-order valence-electron chi connectivity index (χ2n) is 9.86. The van der Waals surface area contributed by atoms with Gasteiger partial charge in [-0.05, 0) is 67.3 Å². The lowest BCUT2D eigenvalue weighted by atomic mass is 9.94. The highest BCUT2D eigenvalue weighted by Gasteiger charge is 2.46. The van der Waals surface area contributed by atoms with E-state index in [2.05, 4.69) is 0 Å². The van der Waals surface area contributed by atoms with Crippen LogP contribution in [0.4, 0.5) is 0 Å². The Morgan fingerprint density at radius 1 is 1.00 bits per heavy atom.